The van der Waals surface area contributed by atoms with E-state index in [1.807, 2.05) is 29.3 Å². The number of halogens is 1. The van der Waals surface area contributed by atoms with Crippen LogP contribution < -0.4 is 10.2 Å². The van der Waals surface area contributed by atoms with E-state index in [9.17, 15) is 4.79 Å². The Morgan fingerprint density at radius 2 is 2.03 bits per heavy atom. The van der Waals surface area contributed by atoms with Gasteiger partial charge in [-0.3, -0.25) is 4.79 Å². The Morgan fingerprint density at radius 3 is 2.86 bits per heavy atom. The van der Waals surface area contributed by atoms with Crippen molar-refractivity contribution in [2.24, 2.45) is 0 Å². The SMILES string of the molecule is O=C([C@H]1C[C@@H](c2cccc(Cl)c2)CN1)N1CCN(c2nccc3ccsc23)CC1. The highest BCUT2D eigenvalue weighted by Gasteiger charge is 2.34. The number of carbonyl (C=O) groups excluding carboxylic acids is 1. The molecule has 0 saturated carbocycles. The third-order valence-corrected chi connectivity index (χ3v) is 7.15. The zero-order valence-electron chi connectivity index (χ0n) is 16.1. The lowest BCUT2D eigenvalue weighted by atomic mass is 9.96. The first-order chi connectivity index (χ1) is 14.2. The Morgan fingerprint density at radius 1 is 1.17 bits per heavy atom. The largest absolute Gasteiger partial charge is 0.352 e. The summed E-state index contributed by atoms with van der Waals surface area (Å²) >= 11 is 7.86. The lowest BCUT2D eigenvalue weighted by Crippen LogP contribution is -2.53. The minimum absolute atomic E-state index is 0.107. The molecule has 2 saturated heterocycles. The number of piperazine rings is 1. The van der Waals surface area contributed by atoms with Crippen molar-refractivity contribution >= 4 is 44.7 Å². The second-order valence-corrected chi connectivity index (χ2v) is 9.09. The minimum Gasteiger partial charge on any atom is -0.352 e. The topological polar surface area (TPSA) is 48.5 Å². The van der Waals surface area contributed by atoms with E-state index in [2.05, 4.69) is 38.8 Å². The summed E-state index contributed by atoms with van der Waals surface area (Å²) in [5.74, 6) is 1.60. The third kappa shape index (κ3) is 3.72. The average molecular weight is 427 g/mol. The number of amides is 1. The minimum atomic E-state index is -0.107. The molecule has 0 radical (unpaired) electrons. The van der Waals surface area contributed by atoms with Gasteiger partial charge in [-0.1, -0.05) is 23.7 Å². The monoisotopic (exact) mass is 426 g/mol. The molecule has 0 spiro atoms. The van der Waals surface area contributed by atoms with Gasteiger partial charge in [-0.25, -0.2) is 4.98 Å². The number of hydrogen-bond acceptors (Lipinski definition) is 5. The molecule has 29 heavy (non-hydrogen) atoms. The molecule has 1 aromatic carbocycles. The van der Waals surface area contributed by atoms with Crippen LogP contribution in [0.25, 0.3) is 10.1 Å². The normalized spacial score (nSPS) is 22.4. The third-order valence-electron chi connectivity index (χ3n) is 5.99. The molecule has 2 aliphatic rings. The number of fused-ring (bicyclic) bond motifs is 1. The number of aromatic nitrogens is 1. The fourth-order valence-electron chi connectivity index (χ4n) is 4.40. The van der Waals surface area contributed by atoms with Gasteiger partial charge in [0.2, 0.25) is 5.91 Å². The number of rotatable bonds is 3. The molecule has 2 aromatic heterocycles. The standard InChI is InChI=1S/C22H23ClN4OS/c23-18-3-1-2-16(12-18)17-13-19(25-14-17)22(28)27-9-7-26(8-10-27)21-20-15(4-6-24-21)5-11-29-20/h1-6,11-12,17,19,25H,7-10,13-14H2/t17-,19-/m1/s1. The Bertz CT molecular complexity index is 1030. The van der Waals surface area contributed by atoms with Gasteiger partial charge in [-0.2, -0.15) is 0 Å². The lowest BCUT2D eigenvalue weighted by molar-refractivity contribution is -0.133. The predicted octanol–water partition coefficient (Wildman–Crippen LogP) is 3.74. The molecule has 5 rings (SSSR count). The molecule has 150 valence electrons. The van der Waals surface area contributed by atoms with Gasteiger partial charge in [0.25, 0.3) is 0 Å². The Balaban J connectivity index is 1.21. The quantitative estimate of drug-likeness (QED) is 0.693. The number of carbonyl (C=O) groups is 1. The number of thiophene rings is 1. The van der Waals surface area contributed by atoms with Crippen LogP contribution in [-0.2, 0) is 4.79 Å². The van der Waals surface area contributed by atoms with Crippen LogP contribution in [0.3, 0.4) is 0 Å². The molecule has 2 aliphatic heterocycles. The lowest BCUT2D eigenvalue weighted by Gasteiger charge is -2.36. The maximum atomic E-state index is 13.1. The van der Waals surface area contributed by atoms with E-state index in [0.717, 1.165) is 50.0 Å². The summed E-state index contributed by atoms with van der Waals surface area (Å²) in [6.45, 7) is 3.94. The first kappa shape index (κ1) is 18.9. The van der Waals surface area contributed by atoms with E-state index in [1.165, 1.54) is 15.6 Å². The molecular weight excluding hydrogens is 404 g/mol. The molecule has 1 amide bonds. The van der Waals surface area contributed by atoms with Gasteiger partial charge in [0.15, 0.2) is 0 Å². The number of anilines is 1. The number of nitrogens with one attached hydrogen (secondary N) is 1. The Kier molecular flexibility index (Phi) is 5.16. The van der Waals surface area contributed by atoms with Crippen LogP contribution >= 0.6 is 22.9 Å². The number of hydrogen-bond donors (Lipinski definition) is 1. The molecular formula is C22H23ClN4OS. The zero-order chi connectivity index (χ0) is 19.8. The fourth-order valence-corrected chi connectivity index (χ4v) is 5.51. The molecule has 3 aromatic rings. The van der Waals surface area contributed by atoms with E-state index < -0.39 is 0 Å². The van der Waals surface area contributed by atoms with Crippen LogP contribution in [0, 0.1) is 0 Å². The summed E-state index contributed by atoms with van der Waals surface area (Å²) in [6, 6.07) is 12.1. The van der Waals surface area contributed by atoms with Gasteiger partial charge in [0.1, 0.15) is 5.82 Å². The van der Waals surface area contributed by atoms with Gasteiger partial charge in [-0.05, 0) is 52.9 Å². The summed E-state index contributed by atoms with van der Waals surface area (Å²) < 4.78 is 1.23. The first-order valence-electron chi connectivity index (χ1n) is 10.0. The summed E-state index contributed by atoms with van der Waals surface area (Å²) in [6.07, 6.45) is 2.70. The van der Waals surface area contributed by atoms with Crippen molar-refractivity contribution in [2.75, 3.05) is 37.6 Å². The number of nitrogens with zero attached hydrogens (tertiary/aromatic N) is 3. The van der Waals surface area contributed by atoms with Crippen molar-refractivity contribution < 1.29 is 4.79 Å². The van der Waals surface area contributed by atoms with Gasteiger partial charge in [-0.15, -0.1) is 11.3 Å². The van der Waals surface area contributed by atoms with Crippen molar-refractivity contribution in [3.8, 4) is 0 Å². The molecule has 0 aliphatic carbocycles. The van der Waals surface area contributed by atoms with Crippen molar-refractivity contribution in [1.29, 1.82) is 0 Å². The van der Waals surface area contributed by atoms with E-state index in [4.69, 9.17) is 11.6 Å². The summed E-state index contributed by atoms with van der Waals surface area (Å²) in [5.41, 5.74) is 1.21. The number of benzene rings is 1. The smallest absolute Gasteiger partial charge is 0.239 e. The zero-order valence-corrected chi connectivity index (χ0v) is 17.6. The molecule has 7 heteroatoms. The van der Waals surface area contributed by atoms with E-state index in [1.54, 1.807) is 11.3 Å². The highest BCUT2D eigenvalue weighted by Crippen LogP contribution is 2.31. The van der Waals surface area contributed by atoms with Crippen LogP contribution in [0.5, 0.6) is 0 Å². The van der Waals surface area contributed by atoms with Gasteiger partial charge >= 0.3 is 0 Å². The molecule has 2 atom stereocenters. The molecule has 1 N–H and O–H groups in total. The van der Waals surface area contributed by atoms with Crippen LogP contribution in [-0.4, -0.2) is 54.6 Å². The van der Waals surface area contributed by atoms with Crippen LogP contribution in [0.2, 0.25) is 5.02 Å². The van der Waals surface area contributed by atoms with E-state index in [-0.39, 0.29) is 11.9 Å². The molecule has 5 nitrogen and oxygen atoms in total. The first-order valence-corrected chi connectivity index (χ1v) is 11.3. The number of pyridine rings is 1. The maximum Gasteiger partial charge on any atom is 0.239 e. The molecule has 2 fully saturated rings. The average Bonchev–Trinajstić information content (AvgIpc) is 3.43. The van der Waals surface area contributed by atoms with Gasteiger partial charge in [0.05, 0.1) is 10.7 Å². The molecule has 0 bridgehead atoms. The second kappa shape index (κ2) is 7.94. The maximum absolute atomic E-state index is 13.1. The highest BCUT2D eigenvalue weighted by molar-refractivity contribution is 7.17. The van der Waals surface area contributed by atoms with Crippen LogP contribution in [0.4, 0.5) is 5.82 Å². The molecule has 4 heterocycles. The predicted molar refractivity (Wildman–Crippen MR) is 119 cm³/mol. The van der Waals surface area contributed by atoms with Crippen LogP contribution in [0.15, 0.2) is 48.0 Å². The summed E-state index contributed by atoms with van der Waals surface area (Å²) in [7, 11) is 0. The van der Waals surface area contributed by atoms with Crippen molar-refractivity contribution in [3.05, 3.63) is 58.6 Å². The van der Waals surface area contributed by atoms with E-state index in [0.29, 0.717) is 5.92 Å². The van der Waals surface area contributed by atoms with Crippen molar-refractivity contribution in [1.82, 2.24) is 15.2 Å². The van der Waals surface area contributed by atoms with Crippen molar-refractivity contribution in [2.45, 2.75) is 18.4 Å². The van der Waals surface area contributed by atoms with Crippen LogP contribution in [0.1, 0.15) is 17.9 Å². The van der Waals surface area contributed by atoms with Crippen molar-refractivity contribution in [3.63, 3.8) is 0 Å². The highest BCUT2D eigenvalue weighted by atomic mass is 35.5. The van der Waals surface area contributed by atoms with E-state index >= 15 is 0 Å². The fraction of sp³-hybridized carbons (Fsp3) is 0.364. The Hall–Kier alpha value is -2.15. The summed E-state index contributed by atoms with van der Waals surface area (Å²) in [5, 5.41) is 7.52. The second-order valence-electron chi connectivity index (χ2n) is 7.73. The Labute approximate surface area is 179 Å². The van der Waals surface area contributed by atoms with Gasteiger partial charge in [0, 0.05) is 43.9 Å². The molecule has 0 unspecified atom stereocenters. The summed E-state index contributed by atoms with van der Waals surface area (Å²) in [4.78, 5) is 22.0. The van der Waals surface area contributed by atoms with Gasteiger partial charge < -0.3 is 15.1 Å².